The molecule has 6 heteroatoms. The van der Waals surface area contributed by atoms with E-state index >= 15 is 0 Å². The highest BCUT2D eigenvalue weighted by molar-refractivity contribution is 6.03. The summed E-state index contributed by atoms with van der Waals surface area (Å²) in [7, 11) is 2.57. The molecular weight excluding hydrogens is 394 g/mol. The normalized spacial score (nSPS) is 10.8. The van der Waals surface area contributed by atoms with Crippen LogP contribution in [0.15, 0.2) is 84.6 Å². The lowest BCUT2D eigenvalue weighted by molar-refractivity contribution is -0.136. The van der Waals surface area contributed by atoms with Crippen molar-refractivity contribution in [3.8, 4) is 11.1 Å². The number of methoxy groups -OCH3 is 2. The number of rotatable bonds is 6. The second-order valence-electron chi connectivity index (χ2n) is 6.53. The first-order valence-electron chi connectivity index (χ1n) is 9.47. The molecule has 31 heavy (non-hydrogen) atoms. The number of benzene rings is 3. The second kappa shape index (κ2) is 10.0. The number of amides is 1. The van der Waals surface area contributed by atoms with Crippen LogP contribution in [0.25, 0.3) is 17.2 Å². The molecule has 1 N–H and O–H groups in total. The van der Waals surface area contributed by atoms with E-state index in [1.807, 2.05) is 18.2 Å². The van der Waals surface area contributed by atoms with Gasteiger partial charge in [-0.3, -0.25) is 4.79 Å². The monoisotopic (exact) mass is 415 g/mol. The maximum absolute atomic E-state index is 12.5. The minimum Gasteiger partial charge on any atom is -0.465 e. The summed E-state index contributed by atoms with van der Waals surface area (Å²) in [5, 5.41) is 2.60. The van der Waals surface area contributed by atoms with E-state index in [0.29, 0.717) is 22.3 Å². The van der Waals surface area contributed by atoms with Crippen LogP contribution in [0.1, 0.15) is 26.3 Å². The highest BCUT2D eigenvalue weighted by Gasteiger charge is 2.16. The third-order valence-corrected chi connectivity index (χ3v) is 4.53. The van der Waals surface area contributed by atoms with Gasteiger partial charge in [0.2, 0.25) is 0 Å². The van der Waals surface area contributed by atoms with Crippen LogP contribution in [-0.2, 0) is 14.3 Å². The zero-order valence-corrected chi connectivity index (χ0v) is 17.1. The van der Waals surface area contributed by atoms with Gasteiger partial charge in [0.25, 0.3) is 5.91 Å². The van der Waals surface area contributed by atoms with Crippen molar-refractivity contribution in [2.24, 2.45) is 0 Å². The summed E-state index contributed by atoms with van der Waals surface area (Å²) in [6.45, 7) is 0. The average Bonchev–Trinajstić information content (AvgIpc) is 2.83. The lowest BCUT2D eigenvalue weighted by Gasteiger charge is -2.10. The van der Waals surface area contributed by atoms with Crippen molar-refractivity contribution >= 4 is 23.9 Å². The molecule has 0 atom stereocenters. The van der Waals surface area contributed by atoms with E-state index in [2.05, 4.69) is 5.32 Å². The van der Waals surface area contributed by atoms with Crippen LogP contribution in [-0.4, -0.2) is 32.1 Å². The van der Waals surface area contributed by atoms with Crippen LogP contribution < -0.4 is 5.32 Å². The molecule has 0 aromatic heterocycles. The van der Waals surface area contributed by atoms with E-state index in [9.17, 15) is 14.4 Å². The molecule has 3 aromatic carbocycles. The molecule has 156 valence electrons. The van der Waals surface area contributed by atoms with E-state index in [0.717, 1.165) is 5.56 Å². The third-order valence-electron chi connectivity index (χ3n) is 4.53. The van der Waals surface area contributed by atoms with E-state index < -0.39 is 17.8 Å². The molecule has 0 bridgehead atoms. The summed E-state index contributed by atoms with van der Waals surface area (Å²) in [5.74, 6) is -1.55. The molecule has 3 aromatic rings. The van der Waals surface area contributed by atoms with Crippen LogP contribution in [0.4, 0.5) is 0 Å². The molecule has 0 aliphatic heterocycles. The molecule has 1 amide bonds. The smallest absolute Gasteiger partial charge is 0.354 e. The lowest BCUT2D eigenvalue weighted by Crippen LogP contribution is -2.28. The Morgan fingerprint density at radius 2 is 1.52 bits per heavy atom. The highest BCUT2D eigenvalue weighted by atomic mass is 16.5. The van der Waals surface area contributed by atoms with Crippen molar-refractivity contribution in [2.75, 3.05) is 14.2 Å². The fraction of sp³-hybridized carbons (Fsp3) is 0.0800. The van der Waals surface area contributed by atoms with Crippen LogP contribution in [0.3, 0.4) is 0 Å². The first kappa shape index (κ1) is 21.5. The molecule has 3 rings (SSSR count). The topological polar surface area (TPSA) is 81.7 Å². The van der Waals surface area contributed by atoms with Crippen LogP contribution in [0, 0.1) is 0 Å². The number of hydrogen-bond acceptors (Lipinski definition) is 5. The number of esters is 2. The minimum atomic E-state index is -0.676. The predicted octanol–water partition coefficient (Wildman–Crippen LogP) is 4.08. The van der Waals surface area contributed by atoms with Gasteiger partial charge >= 0.3 is 11.9 Å². The van der Waals surface area contributed by atoms with E-state index in [4.69, 9.17) is 9.47 Å². The largest absolute Gasteiger partial charge is 0.465 e. The Labute approximate surface area is 180 Å². The Kier molecular flexibility index (Phi) is 6.96. The molecule has 0 fully saturated rings. The molecule has 6 nitrogen and oxygen atoms in total. The molecule has 0 aliphatic carbocycles. The molecule has 0 aliphatic rings. The standard InChI is InChI=1S/C25H21NO5/c1-30-24(28)21-14-7-6-13-20(21)19-12-8-9-17(15-19)16-22(25(29)31-2)26-23(27)18-10-4-3-5-11-18/h3-16H,1-2H3,(H,26,27). The Balaban J connectivity index is 1.97. The van der Waals surface area contributed by atoms with Crippen molar-refractivity contribution < 1.29 is 23.9 Å². The SMILES string of the molecule is COC(=O)C(=Cc1cccc(-c2ccccc2C(=O)OC)c1)NC(=O)c1ccccc1. The fourth-order valence-electron chi connectivity index (χ4n) is 3.03. The third kappa shape index (κ3) is 5.25. The number of carbonyl (C=O) groups excluding carboxylic acids is 3. The summed E-state index contributed by atoms with van der Waals surface area (Å²) in [6, 6.07) is 22.9. The second-order valence-corrected chi connectivity index (χ2v) is 6.53. The van der Waals surface area contributed by atoms with Gasteiger partial charge in [-0.2, -0.15) is 0 Å². The van der Waals surface area contributed by atoms with Gasteiger partial charge in [-0.1, -0.05) is 54.6 Å². The molecule has 0 saturated carbocycles. The van der Waals surface area contributed by atoms with Gasteiger partial charge < -0.3 is 14.8 Å². The van der Waals surface area contributed by atoms with Gasteiger partial charge in [-0.05, 0) is 47.0 Å². The van der Waals surface area contributed by atoms with E-state index in [1.54, 1.807) is 60.7 Å². The Morgan fingerprint density at radius 3 is 2.23 bits per heavy atom. The number of ether oxygens (including phenoxy) is 2. The maximum atomic E-state index is 12.5. The first-order chi connectivity index (χ1) is 15.0. The minimum absolute atomic E-state index is 0.00486. The summed E-state index contributed by atoms with van der Waals surface area (Å²) in [6.07, 6.45) is 1.52. The summed E-state index contributed by atoms with van der Waals surface area (Å²) < 4.78 is 9.68. The van der Waals surface area contributed by atoms with Crippen molar-refractivity contribution in [1.82, 2.24) is 5.32 Å². The Hall–Kier alpha value is -4.19. The van der Waals surface area contributed by atoms with Gasteiger partial charge in [0.1, 0.15) is 5.70 Å². The number of hydrogen-bond donors (Lipinski definition) is 1. The summed E-state index contributed by atoms with van der Waals surface area (Å²) in [5.41, 5.74) is 2.93. The van der Waals surface area contributed by atoms with Gasteiger partial charge in [0, 0.05) is 5.56 Å². The summed E-state index contributed by atoms with van der Waals surface area (Å²) in [4.78, 5) is 36.9. The number of nitrogens with one attached hydrogen (secondary N) is 1. The molecule has 0 radical (unpaired) electrons. The average molecular weight is 415 g/mol. The predicted molar refractivity (Wildman–Crippen MR) is 117 cm³/mol. The zero-order valence-electron chi connectivity index (χ0n) is 17.1. The van der Waals surface area contributed by atoms with Gasteiger partial charge in [0.05, 0.1) is 19.8 Å². The van der Waals surface area contributed by atoms with Crippen LogP contribution >= 0.6 is 0 Å². The van der Waals surface area contributed by atoms with E-state index in [-0.39, 0.29) is 5.70 Å². The lowest BCUT2D eigenvalue weighted by atomic mass is 9.98. The Bertz CT molecular complexity index is 1140. The van der Waals surface area contributed by atoms with Gasteiger partial charge in [0.15, 0.2) is 0 Å². The molecule has 0 saturated heterocycles. The van der Waals surface area contributed by atoms with Crippen LogP contribution in [0.5, 0.6) is 0 Å². The van der Waals surface area contributed by atoms with Gasteiger partial charge in [-0.15, -0.1) is 0 Å². The van der Waals surface area contributed by atoms with Crippen molar-refractivity contribution in [3.63, 3.8) is 0 Å². The van der Waals surface area contributed by atoms with Crippen molar-refractivity contribution in [2.45, 2.75) is 0 Å². The fourth-order valence-corrected chi connectivity index (χ4v) is 3.03. The number of carbonyl (C=O) groups is 3. The quantitative estimate of drug-likeness (QED) is 0.485. The van der Waals surface area contributed by atoms with Crippen molar-refractivity contribution in [1.29, 1.82) is 0 Å². The first-order valence-corrected chi connectivity index (χ1v) is 9.47. The van der Waals surface area contributed by atoms with E-state index in [1.165, 1.54) is 20.3 Å². The molecule has 0 heterocycles. The van der Waals surface area contributed by atoms with Crippen molar-refractivity contribution in [3.05, 3.63) is 101 Å². The highest BCUT2D eigenvalue weighted by Crippen LogP contribution is 2.26. The van der Waals surface area contributed by atoms with Crippen LogP contribution in [0.2, 0.25) is 0 Å². The molecule has 0 spiro atoms. The Morgan fingerprint density at radius 1 is 0.806 bits per heavy atom. The maximum Gasteiger partial charge on any atom is 0.354 e. The summed E-state index contributed by atoms with van der Waals surface area (Å²) >= 11 is 0. The zero-order chi connectivity index (χ0) is 22.2. The molecule has 0 unspecified atom stereocenters. The van der Waals surface area contributed by atoms with Gasteiger partial charge in [-0.25, -0.2) is 9.59 Å². The molecular formula is C25H21NO5.